The highest BCUT2D eigenvalue weighted by atomic mass is 16.5. The Morgan fingerprint density at radius 1 is 1.00 bits per heavy atom. The zero-order valence-corrected chi connectivity index (χ0v) is 32.4. The van der Waals surface area contributed by atoms with Crippen LogP contribution >= 0.6 is 0 Å². The number of nitrogens with one attached hydrogen (secondary N) is 4. The number of amides is 2. The van der Waals surface area contributed by atoms with E-state index in [2.05, 4.69) is 20.9 Å². The van der Waals surface area contributed by atoms with E-state index >= 15 is 0 Å². The maximum absolute atomic E-state index is 14.4. The van der Waals surface area contributed by atoms with Crippen molar-refractivity contribution in [3.63, 3.8) is 0 Å². The lowest BCUT2D eigenvalue weighted by atomic mass is 9.72. The van der Waals surface area contributed by atoms with Crippen LogP contribution in [0.4, 0.5) is 5.69 Å². The second-order valence-corrected chi connectivity index (χ2v) is 16.6. The van der Waals surface area contributed by atoms with Gasteiger partial charge in [0.1, 0.15) is 34.6 Å². The number of phenolic OH excluding ortho intramolecular Hbond substituents is 1. The molecule has 1 unspecified atom stereocenters. The van der Waals surface area contributed by atoms with E-state index in [-0.39, 0.29) is 47.0 Å². The van der Waals surface area contributed by atoms with Crippen LogP contribution in [0.3, 0.4) is 0 Å². The van der Waals surface area contributed by atoms with Gasteiger partial charge < -0.3 is 49.5 Å². The summed E-state index contributed by atoms with van der Waals surface area (Å²) in [5, 5.41) is 33.4. The molecule has 5 aliphatic rings. The maximum Gasteiger partial charge on any atom is 0.360 e. The molecule has 2 amide bonds. The van der Waals surface area contributed by atoms with Crippen LogP contribution in [0.2, 0.25) is 0 Å². The van der Waals surface area contributed by atoms with Crippen molar-refractivity contribution in [3.8, 4) is 45.5 Å². The minimum absolute atomic E-state index is 0.00838. The van der Waals surface area contributed by atoms with E-state index in [9.17, 15) is 24.6 Å². The fourth-order valence-corrected chi connectivity index (χ4v) is 9.89. The average Bonchev–Trinajstić information content (AvgIpc) is 4.05. The number of para-hydroxylation sites is 1. The first-order chi connectivity index (χ1) is 28.5. The number of aromatic hydroxyl groups is 1. The molecule has 7 heterocycles. The highest BCUT2D eigenvalue weighted by molar-refractivity contribution is 6.11. The van der Waals surface area contributed by atoms with Crippen LogP contribution in [-0.4, -0.2) is 67.9 Å². The number of methoxy groups -OCH3 is 1. The van der Waals surface area contributed by atoms with Gasteiger partial charge in [-0.3, -0.25) is 9.59 Å². The number of esters is 1. The lowest BCUT2D eigenvalue weighted by Gasteiger charge is -2.33. The SMILES string of the molecule is COC(=O)c1nc2oc1-c1c[nH]c3ccc(O)c(c13)-c1cccc3c1NC1Oc4ccc5cc4[C@]31c1oc(nc1-2)[C@H](C(C)C)NC(=O)[C@@H](NC(=O)C1(O)CCCCC1)C5. The average molecular weight is 797 g/mol. The molecule has 0 saturated heterocycles. The second-order valence-electron chi connectivity index (χ2n) is 16.6. The Morgan fingerprint density at radius 2 is 1.83 bits per heavy atom. The Morgan fingerprint density at radius 3 is 2.63 bits per heavy atom. The number of aromatic amines is 1. The lowest BCUT2D eigenvalue weighted by molar-refractivity contribution is -0.145. The van der Waals surface area contributed by atoms with Crippen molar-refractivity contribution in [2.24, 2.45) is 5.92 Å². The van der Waals surface area contributed by atoms with E-state index in [0.717, 1.165) is 12.0 Å². The molecule has 4 atom stereocenters. The van der Waals surface area contributed by atoms with Crippen LogP contribution in [0.1, 0.15) is 90.8 Å². The number of benzene rings is 3. The van der Waals surface area contributed by atoms with Crippen LogP contribution in [0.5, 0.6) is 11.5 Å². The highest BCUT2D eigenvalue weighted by Gasteiger charge is 2.62. The van der Waals surface area contributed by atoms with Crippen molar-refractivity contribution in [1.82, 2.24) is 25.6 Å². The summed E-state index contributed by atoms with van der Waals surface area (Å²) in [4.78, 5) is 54.9. The van der Waals surface area contributed by atoms with E-state index in [1.807, 2.05) is 50.2 Å². The Bertz CT molecular complexity index is 2790. The monoisotopic (exact) mass is 796 g/mol. The molecular formula is C44H40N6O9. The molecule has 1 saturated carbocycles. The van der Waals surface area contributed by atoms with E-state index < -0.39 is 47.1 Å². The number of anilines is 1. The third-order valence-corrected chi connectivity index (χ3v) is 12.8. The van der Waals surface area contributed by atoms with Crippen LogP contribution in [0.15, 0.2) is 63.6 Å². The van der Waals surface area contributed by atoms with Gasteiger partial charge in [-0.05, 0) is 42.5 Å². The van der Waals surface area contributed by atoms with Gasteiger partial charge in [-0.1, -0.05) is 63.4 Å². The number of fused-ring (bicyclic) bond motifs is 7. The normalized spacial score (nSPS) is 23.0. The zero-order chi connectivity index (χ0) is 40.5. The molecule has 6 aromatic rings. The largest absolute Gasteiger partial charge is 0.507 e. The first-order valence-electron chi connectivity index (χ1n) is 20.0. The number of ether oxygens (including phenoxy) is 2. The van der Waals surface area contributed by atoms with E-state index in [4.69, 9.17) is 28.3 Å². The molecule has 1 aliphatic carbocycles. The number of hydrogen-bond acceptors (Lipinski definition) is 12. The number of carbonyl (C=O) groups is 3. The second kappa shape index (κ2) is 12.4. The smallest absolute Gasteiger partial charge is 0.360 e. The molecular weight excluding hydrogens is 757 g/mol. The third kappa shape index (κ3) is 4.87. The number of phenols is 1. The number of aromatic nitrogens is 3. The molecule has 15 nitrogen and oxygen atoms in total. The third-order valence-electron chi connectivity index (χ3n) is 12.8. The first kappa shape index (κ1) is 35.5. The fourth-order valence-electron chi connectivity index (χ4n) is 9.89. The number of nitrogens with zero attached hydrogens (tertiary/aromatic N) is 2. The van der Waals surface area contributed by atoms with Crippen LogP contribution in [0.25, 0.3) is 44.9 Å². The number of rotatable bonds is 4. The Balaban J connectivity index is 1.21. The lowest BCUT2D eigenvalue weighted by Crippen LogP contribution is -2.56. The molecule has 300 valence electrons. The first-order valence-corrected chi connectivity index (χ1v) is 20.0. The van der Waals surface area contributed by atoms with E-state index in [1.54, 1.807) is 18.3 Å². The standard InChI is InChI=1S/C44H40N6O9/c1-19(2)31-38-49-34-36(59-38)44-23-9-7-8-21(30-27(51)12-11-25-29(30)22(18-45-25)35-33(40(53)56-3)48-39(34)58-35)32(23)50-42(44)57-28-13-10-20(16-24(28)44)17-26(37(52)47-31)46-41(54)43(55)14-5-4-6-15-43/h7-13,16,18-19,26,31,42,45,50-51,55H,4-6,14-15,17H2,1-3H3,(H,46,54)(H,47,52)/t26-,31-,42?,44-/m0/s1. The minimum atomic E-state index is -1.58. The van der Waals surface area contributed by atoms with Gasteiger partial charge in [0.15, 0.2) is 29.1 Å². The quantitative estimate of drug-likeness (QED) is 0.114. The molecule has 10 bridgehead atoms. The fraction of sp³-hybridized carbons (Fsp3) is 0.341. The van der Waals surface area contributed by atoms with Gasteiger partial charge in [-0.2, -0.15) is 4.98 Å². The van der Waals surface area contributed by atoms with Gasteiger partial charge in [0.05, 0.1) is 7.11 Å². The molecule has 6 N–H and O–H groups in total. The van der Waals surface area contributed by atoms with Crippen molar-refractivity contribution in [1.29, 1.82) is 0 Å². The van der Waals surface area contributed by atoms with Crippen molar-refractivity contribution < 1.29 is 42.9 Å². The Hall–Kier alpha value is -6.61. The van der Waals surface area contributed by atoms with E-state index in [0.29, 0.717) is 81.6 Å². The summed E-state index contributed by atoms with van der Waals surface area (Å²) >= 11 is 0. The van der Waals surface area contributed by atoms with Crippen LogP contribution in [-0.2, 0) is 26.2 Å². The van der Waals surface area contributed by atoms with Crippen molar-refractivity contribution >= 4 is 34.4 Å². The molecule has 15 heteroatoms. The maximum atomic E-state index is 14.4. The zero-order valence-electron chi connectivity index (χ0n) is 32.4. The molecule has 3 aromatic heterocycles. The predicted octanol–water partition coefficient (Wildman–Crippen LogP) is 5.98. The number of oxazole rings is 2. The summed E-state index contributed by atoms with van der Waals surface area (Å²) in [7, 11) is 1.26. The summed E-state index contributed by atoms with van der Waals surface area (Å²) in [6.07, 6.45) is 3.96. The van der Waals surface area contributed by atoms with Gasteiger partial charge in [-0.15, -0.1) is 0 Å². The molecule has 0 radical (unpaired) electrons. The van der Waals surface area contributed by atoms with Crippen molar-refractivity contribution in [2.45, 2.75) is 81.7 Å². The molecule has 3 aromatic carbocycles. The van der Waals surface area contributed by atoms with Gasteiger partial charge in [0.25, 0.3) is 5.91 Å². The van der Waals surface area contributed by atoms with Gasteiger partial charge >= 0.3 is 5.97 Å². The molecule has 4 aliphatic heterocycles. The number of aliphatic hydroxyl groups is 1. The summed E-state index contributed by atoms with van der Waals surface area (Å²) in [5.41, 5.74) is 2.30. The molecule has 59 heavy (non-hydrogen) atoms. The summed E-state index contributed by atoms with van der Waals surface area (Å²) in [6, 6.07) is 12.9. The number of hydrogen-bond donors (Lipinski definition) is 6. The minimum Gasteiger partial charge on any atom is -0.507 e. The summed E-state index contributed by atoms with van der Waals surface area (Å²) in [6.45, 7) is 3.83. The van der Waals surface area contributed by atoms with Crippen molar-refractivity contribution in [3.05, 3.63) is 88.8 Å². The van der Waals surface area contributed by atoms with Crippen molar-refractivity contribution in [2.75, 3.05) is 12.4 Å². The van der Waals surface area contributed by atoms with Crippen LogP contribution in [0, 0.1) is 5.92 Å². The van der Waals surface area contributed by atoms with E-state index in [1.165, 1.54) is 7.11 Å². The molecule has 11 rings (SSSR count). The predicted molar refractivity (Wildman–Crippen MR) is 211 cm³/mol. The topological polar surface area (TPSA) is 214 Å². The summed E-state index contributed by atoms with van der Waals surface area (Å²) in [5.74, 6) is -1.08. The molecule has 1 fully saturated rings. The molecule has 1 spiro atoms. The Labute approximate surface area is 336 Å². The number of H-pyrrole nitrogens is 1. The van der Waals surface area contributed by atoms with Gasteiger partial charge in [0.2, 0.25) is 17.7 Å². The number of carbonyl (C=O) groups excluding carboxylic acids is 3. The van der Waals surface area contributed by atoms with Gasteiger partial charge in [-0.25, -0.2) is 9.78 Å². The van der Waals surface area contributed by atoms with Gasteiger partial charge in [0, 0.05) is 57.0 Å². The highest BCUT2D eigenvalue weighted by Crippen LogP contribution is 2.62. The Kier molecular flexibility index (Phi) is 7.50. The van der Waals surface area contributed by atoms with Crippen LogP contribution < -0.4 is 20.7 Å². The summed E-state index contributed by atoms with van der Waals surface area (Å²) < 4.78 is 25.7.